The zero-order chi connectivity index (χ0) is 12.1. The molecule has 1 aliphatic carbocycles. The van der Waals surface area contributed by atoms with Crippen LogP contribution in [0, 0.1) is 12.8 Å². The minimum absolute atomic E-state index is 0.213. The SMILES string of the molecule is Cc1nc(CCNC(=O)C2CCCCC2)co1. The fraction of sp³-hybridized carbons (Fsp3) is 0.692. The van der Waals surface area contributed by atoms with E-state index in [-0.39, 0.29) is 11.8 Å². The average Bonchev–Trinajstić information content (AvgIpc) is 2.76. The van der Waals surface area contributed by atoms with E-state index >= 15 is 0 Å². The summed E-state index contributed by atoms with van der Waals surface area (Å²) in [6, 6.07) is 0. The van der Waals surface area contributed by atoms with Crippen LogP contribution in [-0.4, -0.2) is 17.4 Å². The molecule has 17 heavy (non-hydrogen) atoms. The maximum Gasteiger partial charge on any atom is 0.223 e. The molecule has 0 spiro atoms. The van der Waals surface area contributed by atoms with Gasteiger partial charge in [0.25, 0.3) is 0 Å². The Morgan fingerprint density at radius 1 is 1.47 bits per heavy atom. The number of hydrogen-bond donors (Lipinski definition) is 1. The molecule has 0 radical (unpaired) electrons. The highest BCUT2D eigenvalue weighted by Crippen LogP contribution is 2.23. The number of carbonyl (C=O) groups is 1. The van der Waals surface area contributed by atoms with Gasteiger partial charge in [0.15, 0.2) is 5.89 Å². The van der Waals surface area contributed by atoms with Crippen molar-refractivity contribution in [1.82, 2.24) is 10.3 Å². The molecule has 94 valence electrons. The molecule has 0 saturated heterocycles. The third kappa shape index (κ3) is 3.58. The van der Waals surface area contributed by atoms with Gasteiger partial charge in [0.2, 0.25) is 5.91 Å². The summed E-state index contributed by atoms with van der Waals surface area (Å²) in [5.41, 5.74) is 0.909. The van der Waals surface area contributed by atoms with Crippen molar-refractivity contribution in [2.45, 2.75) is 45.4 Å². The molecule has 1 aliphatic rings. The van der Waals surface area contributed by atoms with Crippen LogP contribution in [0.15, 0.2) is 10.7 Å². The number of oxazole rings is 1. The van der Waals surface area contributed by atoms with Crippen LogP contribution >= 0.6 is 0 Å². The van der Waals surface area contributed by atoms with Crippen molar-refractivity contribution in [1.29, 1.82) is 0 Å². The third-order valence-electron chi connectivity index (χ3n) is 3.32. The molecule has 0 unspecified atom stereocenters. The van der Waals surface area contributed by atoms with E-state index in [1.807, 2.05) is 6.92 Å². The highest BCUT2D eigenvalue weighted by atomic mass is 16.3. The number of nitrogens with one attached hydrogen (secondary N) is 1. The highest BCUT2D eigenvalue weighted by Gasteiger charge is 2.20. The van der Waals surface area contributed by atoms with Crippen LogP contribution in [0.2, 0.25) is 0 Å². The van der Waals surface area contributed by atoms with E-state index in [1.54, 1.807) is 6.26 Å². The number of amides is 1. The Balaban J connectivity index is 1.69. The first-order valence-corrected chi connectivity index (χ1v) is 6.44. The van der Waals surface area contributed by atoms with Crippen LogP contribution in [0.4, 0.5) is 0 Å². The average molecular weight is 236 g/mol. The molecular formula is C13H20N2O2. The number of rotatable bonds is 4. The molecule has 1 aromatic rings. The predicted octanol–water partition coefficient (Wildman–Crippen LogP) is 2.22. The van der Waals surface area contributed by atoms with Crippen LogP contribution in [0.1, 0.15) is 43.7 Å². The zero-order valence-corrected chi connectivity index (χ0v) is 10.4. The molecule has 0 atom stereocenters. The first kappa shape index (κ1) is 12.1. The number of aromatic nitrogens is 1. The van der Waals surface area contributed by atoms with Crippen molar-refractivity contribution in [2.24, 2.45) is 5.92 Å². The number of nitrogens with zero attached hydrogens (tertiary/aromatic N) is 1. The molecule has 0 aliphatic heterocycles. The molecule has 4 heteroatoms. The molecule has 1 aromatic heterocycles. The normalized spacial score (nSPS) is 17.0. The maximum atomic E-state index is 11.8. The molecule has 1 N–H and O–H groups in total. The van der Waals surface area contributed by atoms with Gasteiger partial charge in [0.1, 0.15) is 6.26 Å². The molecule has 1 fully saturated rings. The molecule has 1 saturated carbocycles. The van der Waals surface area contributed by atoms with E-state index in [0.29, 0.717) is 12.4 Å². The third-order valence-corrected chi connectivity index (χ3v) is 3.32. The summed E-state index contributed by atoms with van der Waals surface area (Å²) < 4.78 is 5.11. The summed E-state index contributed by atoms with van der Waals surface area (Å²) in [6.07, 6.45) is 8.17. The number of carbonyl (C=O) groups excluding carboxylic acids is 1. The van der Waals surface area contributed by atoms with E-state index in [0.717, 1.165) is 25.0 Å². The summed E-state index contributed by atoms with van der Waals surface area (Å²) in [7, 11) is 0. The van der Waals surface area contributed by atoms with Crippen LogP contribution in [0.5, 0.6) is 0 Å². The van der Waals surface area contributed by atoms with E-state index in [4.69, 9.17) is 4.42 Å². The van der Waals surface area contributed by atoms with Gasteiger partial charge in [-0.25, -0.2) is 4.98 Å². The smallest absolute Gasteiger partial charge is 0.223 e. The Morgan fingerprint density at radius 2 is 2.24 bits per heavy atom. The summed E-state index contributed by atoms with van der Waals surface area (Å²) >= 11 is 0. The van der Waals surface area contributed by atoms with E-state index < -0.39 is 0 Å². The molecule has 0 bridgehead atoms. The Labute approximate surface area is 102 Å². The lowest BCUT2D eigenvalue weighted by Gasteiger charge is -2.20. The van der Waals surface area contributed by atoms with Gasteiger partial charge < -0.3 is 9.73 Å². The van der Waals surface area contributed by atoms with Crippen molar-refractivity contribution < 1.29 is 9.21 Å². The number of hydrogen-bond acceptors (Lipinski definition) is 3. The first-order chi connectivity index (χ1) is 8.25. The number of aryl methyl sites for hydroxylation is 1. The van der Waals surface area contributed by atoms with Crippen LogP contribution < -0.4 is 5.32 Å². The summed E-state index contributed by atoms with van der Waals surface area (Å²) in [5, 5.41) is 2.99. The fourth-order valence-corrected chi connectivity index (χ4v) is 2.35. The van der Waals surface area contributed by atoms with Gasteiger partial charge in [-0.05, 0) is 12.8 Å². The van der Waals surface area contributed by atoms with Crippen molar-refractivity contribution in [2.75, 3.05) is 6.54 Å². The van der Waals surface area contributed by atoms with Gasteiger partial charge in [-0.15, -0.1) is 0 Å². The Kier molecular flexibility index (Phi) is 4.18. The van der Waals surface area contributed by atoms with Crippen molar-refractivity contribution >= 4 is 5.91 Å². The van der Waals surface area contributed by atoms with Gasteiger partial charge in [0.05, 0.1) is 5.69 Å². The largest absolute Gasteiger partial charge is 0.449 e. The Morgan fingerprint density at radius 3 is 2.88 bits per heavy atom. The summed E-state index contributed by atoms with van der Waals surface area (Å²) in [5.74, 6) is 1.13. The Bertz CT molecular complexity index is 367. The van der Waals surface area contributed by atoms with Crippen LogP contribution in [-0.2, 0) is 11.2 Å². The van der Waals surface area contributed by atoms with Crippen LogP contribution in [0.25, 0.3) is 0 Å². The van der Waals surface area contributed by atoms with Gasteiger partial charge >= 0.3 is 0 Å². The highest BCUT2D eigenvalue weighted by molar-refractivity contribution is 5.78. The minimum atomic E-state index is 0.213. The fourth-order valence-electron chi connectivity index (χ4n) is 2.35. The molecule has 2 rings (SSSR count). The van der Waals surface area contributed by atoms with E-state index in [9.17, 15) is 4.79 Å². The van der Waals surface area contributed by atoms with Crippen molar-refractivity contribution in [3.05, 3.63) is 17.8 Å². The first-order valence-electron chi connectivity index (χ1n) is 6.44. The second kappa shape index (κ2) is 5.84. The minimum Gasteiger partial charge on any atom is -0.449 e. The molecular weight excluding hydrogens is 216 g/mol. The quantitative estimate of drug-likeness (QED) is 0.872. The topological polar surface area (TPSA) is 55.1 Å². The van der Waals surface area contributed by atoms with Gasteiger partial charge in [0, 0.05) is 25.8 Å². The lowest BCUT2D eigenvalue weighted by atomic mass is 9.89. The van der Waals surface area contributed by atoms with Gasteiger partial charge in [-0.3, -0.25) is 4.79 Å². The summed E-state index contributed by atoms with van der Waals surface area (Å²) in [4.78, 5) is 16.0. The predicted molar refractivity (Wildman–Crippen MR) is 64.5 cm³/mol. The van der Waals surface area contributed by atoms with Gasteiger partial charge in [-0.1, -0.05) is 19.3 Å². The molecule has 4 nitrogen and oxygen atoms in total. The molecule has 1 amide bonds. The Hall–Kier alpha value is -1.32. The van der Waals surface area contributed by atoms with E-state index in [1.165, 1.54) is 19.3 Å². The van der Waals surface area contributed by atoms with Crippen molar-refractivity contribution in [3.8, 4) is 0 Å². The summed E-state index contributed by atoms with van der Waals surface area (Å²) in [6.45, 7) is 2.48. The monoisotopic (exact) mass is 236 g/mol. The molecule has 0 aromatic carbocycles. The second-order valence-corrected chi connectivity index (χ2v) is 4.73. The van der Waals surface area contributed by atoms with Gasteiger partial charge in [-0.2, -0.15) is 0 Å². The second-order valence-electron chi connectivity index (χ2n) is 4.73. The van der Waals surface area contributed by atoms with E-state index in [2.05, 4.69) is 10.3 Å². The zero-order valence-electron chi connectivity index (χ0n) is 10.4. The van der Waals surface area contributed by atoms with Crippen LogP contribution in [0.3, 0.4) is 0 Å². The maximum absolute atomic E-state index is 11.8. The lowest BCUT2D eigenvalue weighted by molar-refractivity contribution is -0.125. The van der Waals surface area contributed by atoms with Crippen molar-refractivity contribution in [3.63, 3.8) is 0 Å². The standard InChI is InChI=1S/C13H20N2O2/c1-10-15-12(9-17-10)7-8-14-13(16)11-5-3-2-4-6-11/h9,11H,2-8H2,1H3,(H,14,16). The molecule has 1 heterocycles. The lowest BCUT2D eigenvalue weighted by Crippen LogP contribution is -2.33.